The number of pyridine rings is 1. The van der Waals surface area contributed by atoms with Crippen LogP contribution in [0.1, 0.15) is 16.1 Å². The number of hydrogen-bond acceptors (Lipinski definition) is 5. The predicted octanol–water partition coefficient (Wildman–Crippen LogP) is 2.21. The molecule has 0 aliphatic heterocycles. The minimum atomic E-state index is -0.504. The molecule has 0 fully saturated rings. The molecule has 6 nitrogen and oxygen atoms in total. The Kier molecular flexibility index (Phi) is 4.73. The molecule has 0 unspecified atom stereocenters. The van der Waals surface area contributed by atoms with Gasteiger partial charge in [-0.1, -0.05) is 11.6 Å². The fourth-order valence-corrected chi connectivity index (χ4v) is 1.67. The van der Waals surface area contributed by atoms with Crippen molar-refractivity contribution in [1.82, 2.24) is 10.4 Å². The summed E-state index contributed by atoms with van der Waals surface area (Å²) in [5.74, 6) is 0.0860. The van der Waals surface area contributed by atoms with Gasteiger partial charge in [-0.2, -0.15) is 5.10 Å². The molecule has 0 saturated carbocycles. The topological polar surface area (TPSA) is 83.8 Å². The Morgan fingerprint density at radius 2 is 2.24 bits per heavy atom. The number of aromatic hydroxyl groups is 1. The van der Waals surface area contributed by atoms with Crippen molar-refractivity contribution in [1.29, 1.82) is 0 Å². The molecule has 21 heavy (non-hydrogen) atoms. The van der Waals surface area contributed by atoms with Gasteiger partial charge in [-0.25, -0.2) is 5.43 Å². The zero-order valence-corrected chi connectivity index (χ0v) is 11.8. The van der Waals surface area contributed by atoms with Gasteiger partial charge in [0.15, 0.2) is 0 Å². The monoisotopic (exact) mass is 305 g/mol. The lowest BCUT2D eigenvalue weighted by Crippen LogP contribution is -2.18. The smallest absolute Gasteiger partial charge is 0.289 e. The number of aromatic nitrogens is 1. The number of nitrogens with one attached hydrogen (secondary N) is 1. The largest absolute Gasteiger partial charge is 0.507 e. The van der Waals surface area contributed by atoms with E-state index in [0.29, 0.717) is 16.3 Å². The lowest BCUT2D eigenvalue weighted by atomic mass is 10.2. The highest BCUT2D eigenvalue weighted by Gasteiger charge is 2.06. The van der Waals surface area contributed by atoms with Crippen LogP contribution in [0.15, 0.2) is 41.6 Å². The maximum absolute atomic E-state index is 11.8. The first kappa shape index (κ1) is 14.8. The lowest BCUT2D eigenvalue weighted by molar-refractivity contribution is 0.0950. The van der Waals surface area contributed by atoms with Crippen LogP contribution in [-0.2, 0) is 0 Å². The van der Waals surface area contributed by atoms with Crippen molar-refractivity contribution < 1.29 is 14.6 Å². The van der Waals surface area contributed by atoms with Crippen molar-refractivity contribution in [3.8, 4) is 11.5 Å². The van der Waals surface area contributed by atoms with Crippen LogP contribution in [0.25, 0.3) is 0 Å². The molecule has 2 N–H and O–H groups in total. The summed E-state index contributed by atoms with van der Waals surface area (Å²) in [6.45, 7) is 0. The van der Waals surface area contributed by atoms with Crippen LogP contribution < -0.4 is 10.2 Å². The SMILES string of the molecule is COc1ccc(O)c(/C=N/NC(=O)c2cc(Cl)ccn2)c1. The summed E-state index contributed by atoms with van der Waals surface area (Å²) < 4.78 is 5.03. The normalized spacial score (nSPS) is 10.6. The molecule has 0 saturated heterocycles. The van der Waals surface area contributed by atoms with E-state index in [9.17, 15) is 9.90 Å². The number of amides is 1. The van der Waals surface area contributed by atoms with Crippen LogP contribution in [-0.4, -0.2) is 29.3 Å². The highest BCUT2D eigenvalue weighted by atomic mass is 35.5. The molecule has 0 atom stereocenters. The van der Waals surface area contributed by atoms with E-state index in [2.05, 4.69) is 15.5 Å². The van der Waals surface area contributed by atoms with E-state index in [1.165, 1.54) is 31.7 Å². The molecule has 0 aliphatic carbocycles. The van der Waals surface area contributed by atoms with Crippen molar-refractivity contribution >= 4 is 23.7 Å². The third-order valence-corrected chi connectivity index (χ3v) is 2.79. The van der Waals surface area contributed by atoms with E-state index < -0.39 is 5.91 Å². The molecule has 2 aromatic rings. The Bertz CT molecular complexity index is 689. The van der Waals surface area contributed by atoms with Crippen molar-refractivity contribution in [2.75, 3.05) is 7.11 Å². The Hall–Kier alpha value is -2.60. The number of carbonyl (C=O) groups excluding carboxylic acids is 1. The van der Waals surface area contributed by atoms with Gasteiger partial charge in [-0.15, -0.1) is 0 Å². The first-order valence-electron chi connectivity index (χ1n) is 5.92. The zero-order valence-electron chi connectivity index (χ0n) is 11.1. The standard InChI is InChI=1S/C14H12ClN3O3/c1-21-11-2-3-13(19)9(6-11)8-17-18-14(20)12-7-10(15)4-5-16-12/h2-8,19H,1H3,(H,18,20)/b17-8+. The molecule has 108 valence electrons. The van der Waals surface area contributed by atoms with Crippen LogP contribution in [0.3, 0.4) is 0 Å². The molecule has 0 radical (unpaired) electrons. The third kappa shape index (κ3) is 3.93. The van der Waals surface area contributed by atoms with Crippen molar-refractivity contribution in [2.45, 2.75) is 0 Å². The Balaban J connectivity index is 2.07. The van der Waals surface area contributed by atoms with Crippen LogP contribution in [0.5, 0.6) is 11.5 Å². The first-order valence-corrected chi connectivity index (χ1v) is 6.30. The highest BCUT2D eigenvalue weighted by molar-refractivity contribution is 6.30. The second-order valence-electron chi connectivity index (χ2n) is 3.98. The average Bonchev–Trinajstić information content (AvgIpc) is 2.49. The van der Waals surface area contributed by atoms with Crippen molar-refractivity contribution in [2.24, 2.45) is 5.10 Å². The van der Waals surface area contributed by atoms with Crippen LogP contribution >= 0.6 is 11.6 Å². The average molecular weight is 306 g/mol. The fourth-order valence-electron chi connectivity index (χ4n) is 1.51. The summed E-state index contributed by atoms with van der Waals surface area (Å²) >= 11 is 5.77. The number of hydrogen-bond donors (Lipinski definition) is 2. The second-order valence-corrected chi connectivity index (χ2v) is 4.42. The molecule has 1 aromatic heterocycles. The summed E-state index contributed by atoms with van der Waals surface area (Å²) in [5, 5.41) is 13.8. The van der Waals surface area contributed by atoms with E-state index in [1.807, 2.05) is 0 Å². The summed E-state index contributed by atoms with van der Waals surface area (Å²) in [6.07, 6.45) is 2.73. The fraction of sp³-hybridized carbons (Fsp3) is 0.0714. The lowest BCUT2D eigenvalue weighted by Gasteiger charge is -2.03. The molecule has 0 spiro atoms. The number of phenols is 1. The molecule has 1 amide bonds. The summed E-state index contributed by atoms with van der Waals surface area (Å²) in [7, 11) is 1.51. The van der Waals surface area contributed by atoms with Gasteiger partial charge in [-0.3, -0.25) is 9.78 Å². The summed E-state index contributed by atoms with van der Waals surface area (Å²) in [4.78, 5) is 15.6. The third-order valence-electron chi connectivity index (χ3n) is 2.56. The molecule has 0 aliphatic rings. The zero-order chi connectivity index (χ0) is 15.2. The maximum Gasteiger partial charge on any atom is 0.289 e. The van der Waals surface area contributed by atoms with Gasteiger partial charge in [0.25, 0.3) is 5.91 Å². The van der Waals surface area contributed by atoms with Gasteiger partial charge < -0.3 is 9.84 Å². The molecule has 0 bridgehead atoms. The molecular formula is C14H12ClN3O3. The van der Waals surface area contributed by atoms with E-state index >= 15 is 0 Å². The van der Waals surface area contributed by atoms with Gasteiger partial charge in [0.2, 0.25) is 0 Å². The summed E-state index contributed by atoms with van der Waals surface area (Å²) in [5.41, 5.74) is 2.86. The predicted molar refractivity (Wildman–Crippen MR) is 79.0 cm³/mol. The van der Waals surface area contributed by atoms with Crippen molar-refractivity contribution in [3.63, 3.8) is 0 Å². The minimum Gasteiger partial charge on any atom is -0.507 e. The number of benzene rings is 1. The number of carbonyl (C=O) groups is 1. The quantitative estimate of drug-likeness (QED) is 0.670. The number of methoxy groups -OCH3 is 1. The minimum absolute atomic E-state index is 0.0229. The van der Waals surface area contributed by atoms with Crippen LogP contribution in [0, 0.1) is 0 Å². The summed E-state index contributed by atoms with van der Waals surface area (Å²) in [6, 6.07) is 7.66. The first-order chi connectivity index (χ1) is 10.1. The van der Waals surface area contributed by atoms with Crippen molar-refractivity contribution in [3.05, 3.63) is 52.8 Å². The van der Waals surface area contributed by atoms with E-state index in [4.69, 9.17) is 16.3 Å². The highest BCUT2D eigenvalue weighted by Crippen LogP contribution is 2.20. The number of rotatable bonds is 4. The number of nitrogens with zero attached hydrogens (tertiary/aromatic N) is 2. The number of ether oxygens (including phenoxy) is 1. The molecule has 7 heteroatoms. The molecule has 1 heterocycles. The van der Waals surface area contributed by atoms with Gasteiger partial charge in [0.1, 0.15) is 17.2 Å². The van der Waals surface area contributed by atoms with Gasteiger partial charge in [0.05, 0.1) is 13.3 Å². The Morgan fingerprint density at radius 1 is 1.43 bits per heavy atom. The Morgan fingerprint density at radius 3 is 2.95 bits per heavy atom. The molecule has 2 rings (SSSR count). The van der Waals surface area contributed by atoms with Gasteiger partial charge in [-0.05, 0) is 30.3 Å². The van der Waals surface area contributed by atoms with E-state index in [0.717, 1.165) is 0 Å². The van der Waals surface area contributed by atoms with E-state index in [1.54, 1.807) is 18.2 Å². The van der Waals surface area contributed by atoms with Crippen LogP contribution in [0.4, 0.5) is 0 Å². The van der Waals surface area contributed by atoms with Gasteiger partial charge >= 0.3 is 0 Å². The second kappa shape index (κ2) is 6.71. The number of phenolic OH excluding ortho intramolecular Hbond substituents is 1. The van der Waals surface area contributed by atoms with Gasteiger partial charge in [0, 0.05) is 16.8 Å². The van der Waals surface area contributed by atoms with Crippen LogP contribution in [0.2, 0.25) is 5.02 Å². The molecule has 1 aromatic carbocycles. The molecular weight excluding hydrogens is 294 g/mol. The Labute approximate surface area is 126 Å². The number of halogens is 1. The maximum atomic E-state index is 11.8. The van der Waals surface area contributed by atoms with E-state index in [-0.39, 0.29) is 11.4 Å². The number of hydrazone groups is 1.